The van der Waals surface area contributed by atoms with E-state index >= 15 is 0 Å². The van der Waals surface area contributed by atoms with Gasteiger partial charge < -0.3 is 10.1 Å². The van der Waals surface area contributed by atoms with Crippen molar-refractivity contribution < 1.29 is 4.74 Å². The lowest BCUT2D eigenvalue weighted by Crippen LogP contribution is -2.07. The molecule has 2 aromatic carbocycles. The molecule has 5 nitrogen and oxygen atoms in total. The van der Waals surface area contributed by atoms with Crippen LogP contribution in [0.2, 0.25) is 0 Å². The molecule has 1 N–H and O–H groups in total. The number of fused-ring (bicyclic) bond motifs is 1. The first-order chi connectivity index (χ1) is 13.4. The maximum absolute atomic E-state index is 6.13. The number of aromatic nitrogens is 3. The van der Waals surface area contributed by atoms with E-state index in [0.29, 0.717) is 0 Å². The van der Waals surface area contributed by atoms with E-state index in [1.54, 1.807) is 0 Å². The van der Waals surface area contributed by atoms with Crippen LogP contribution in [-0.4, -0.2) is 20.9 Å². The fourth-order valence-corrected chi connectivity index (χ4v) is 3.19. The molecule has 2 aromatic heterocycles. The molecular weight excluding hydrogens is 336 g/mol. The number of rotatable bonds is 6. The average Bonchev–Trinajstić information content (AvgIpc) is 3.41. The summed E-state index contributed by atoms with van der Waals surface area (Å²) in [5.41, 5.74) is 2.76. The monoisotopic (exact) mass is 356 g/mol. The Morgan fingerprint density at radius 1 is 1.00 bits per heavy atom. The molecular formula is C22H20N4O. The van der Waals surface area contributed by atoms with Gasteiger partial charge in [0.25, 0.3) is 0 Å². The molecule has 1 aliphatic rings. The van der Waals surface area contributed by atoms with Gasteiger partial charge in [-0.15, -0.1) is 0 Å². The van der Waals surface area contributed by atoms with Gasteiger partial charge in [0.2, 0.25) is 0 Å². The lowest BCUT2D eigenvalue weighted by molar-refractivity contribution is 0.484. The van der Waals surface area contributed by atoms with Gasteiger partial charge in [0.1, 0.15) is 11.5 Å². The van der Waals surface area contributed by atoms with E-state index in [1.165, 1.54) is 12.8 Å². The highest BCUT2D eigenvalue weighted by molar-refractivity contribution is 5.74. The summed E-state index contributed by atoms with van der Waals surface area (Å²) in [4.78, 5) is 9.17. The third-order valence-electron chi connectivity index (χ3n) is 4.82. The van der Waals surface area contributed by atoms with Crippen LogP contribution in [-0.2, 0) is 0 Å². The third kappa shape index (κ3) is 3.24. The van der Waals surface area contributed by atoms with Crippen molar-refractivity contribution in [2.24, 2.45) is 5.92 Å². The summed E-state index contributed by atoms with van der Waals surface area (Å²) in [6.45, 7) is 0.961. The highest BCUT2D eigenvalue weighted by Crippen LogP contribution is 2.34. The van der Waals surface area contributed by atoms with E-state index in [0.717, 1.165) is 46.7 Å². The van der Waals surface area contributed by atoms with Crippen LogP contribution in [0.1, 0.15) is 12.8 Å². The van der Waals surface area contributed by atoms with E-state index in [4.69, 9.17) is 4.74 Å². The predicted molar refractivity (Wildman–Crippen MR) is 106 cm³/mol. The second-order valence-corrected chi connectivity index (χ2v) is 6.85. The minimum absolute atomic E-state index is 0.779. The van der Waals surface area contributed by atoms with Gasteiger partial charge in [0, 0.05) is 24.5 Å². The number of hydrogen-bond donors (Lipinski definition) is 1. The summed E-state index contributed by atoms with van der Waals surface area (Å²) in [6, 6.07) is 17.8. The summed E-state index contributed by atoms with van der Waals surface area (Å²) in [7, 11) is 0. The van der Waals surface area contributed by atoms with Gasteiger partial charge >= 0.3 is 0 Å². The quantitative estimate of drug-likeness (QED) is 0.527. The molecule has 5 heteroatoms. The van der Waals surface area contributed by atoms with Crippen molar-refractivity contribution in [2.75, 3.05) is 11.9 Å². The molecule has 0 spiro atoms. The molecule has 27 heavy (non-hydrogen) atoms. The van der Waals surface area contributed by atoms with Crippen LogP contribution >= 0.6 is 0 Å². The molecule has 0 bridgehead atoms. The molecule has 1 saturated carbocycles. The number of nitrogens with zero attached hydrogens (tertiary/aromatic N) is 3. The summed E-state index contributed by atoms with van der Waals surface area (Å²) in [5.74, 6) is 3.21. The van der Waals surface area contributed by atoms with Crippen molar-refractivity contribution in [1.82, 2.24) is 14.4 Å². The predicted octanol–water partition coefficient (Wildman–Crippen LogP) is 5.01. The van der Waals surface area contributed by atoms with Crippen molar-refractivity contribution in [3.05, 3.63) is 73.2 Å². The van der Waals surface area contributed by atoms with Crippen LogP contribution in [0.15, 0.2) is 73.2 Å². The third-order valence-corrected chi connectivity index (χ3v) is 4.82. The SMILES string of the molecule is c1ccc(Oc2ccccc2-c2cnc(NCC3CC3)c3nccn23)cc1. The summed E-state index contributed by atoms with van der Waals surface area (Å²) < 4.78 is 8.19. The average molecular weight is 356 g/mol. The Morgan fingerprint density at radius 3 is 2.67 bits per heavy atom. The van der Waals surface area contributed by atoms with Gasteiger partial charge in [-0.1, -0.05) is 30.3 Å². The van der Waals surface area contributed by atoms with Crippen molar-refractivity contribution in [1.29, 1.82) is 0 Å². The molecule has 0 radical (unpaired) electrons. The Morgan fingerprint density at radius 2 is 1.81 bits per heavy atom. The van der Waals surface area contributed by atoms with Gasteiger partial charge in [-0.25, -0.2) is 9.97 Å². The normalized spacial score (nSPS) is 13.6. The van der Waals surface area contributed by atoms with Crippen LogP contribution in [0, 0.1) is 5.92 Å². The highest BCUT2D eigenvalue weighted by atomic mass is 16.5. The topological polar surface area (TPSA) is 51.5 Å². The van der Waals surface area contributed by atoms with Gasteiger partial charge in [0.05, 0.1) is 11.9 Å². The molecule has 134 valence electrons. The largest absolute Gasteiger partial charge is 0.457 e. The standard InChI is InChI=1S/C22H20N4O/c1-2-6-17(7-3-1)27-20-9-5-4-8-18(20)19-15-25-21(24-14-16-10-11-16)22-23-12-13-26(19)22/h1-9,12-13,15-16H,10-11,14H2,(H,24,25). The molecule has 0 atom stereocenters. The Bertz CT molecular complexity index is 1070. The second-order valence-electron chi connectivity index (χ2n) is 6.85. The molecule has 5 rings (SSSR count). The van der Waals surface area contributed by atoms with Crippen LogP contribution in [0.5, 0.6) is 11.5 Å². The maximum Gasteiger partial charge on any atom is 0.180 e. The lowest BCUT2D eigenvalue weighted by atomic mass is 10.1. The maximum atomic E-state index is 6.13. The first-order valence-electron chi connectivity index (χ1n) is 9.27. The van der Waals surface area contributed by atoms with Crippen LogP contribution < -0.4 is 10.1 Å². The first-order valence-corrected chi connectivity index (χ1v) is 9.27. The number of imidazole rings is 1. The molecule has 0 amide bonds. The van der Waals surface area contributed by atoms with E-state index in [-0.39, 0.29) is 0 Å². The van der Waals surface area contributed by atoms with Gasteiger partial charge in [-0.3, -0.25) is 4.40 Å². The van der Waals surface area contributed by atoms with Crippen molar-refractivity contribution >= 4 is 11.5 Å². The van der Waals surface area contributed by atoms with Crippen LogP contribution in [0.3, 0.4) is 0 Å². The molecule has 1 aliphatic carbocycles. The Labute approximate surface area is 157 Å². The Kier molecular flexibility index (Phi) is 3.98. The minimum atomic E-state index is 0.779. The molecule has 4 aromatic rings. The lowest BCUT2D eigenvalue weighted by Gasteiger charge is -2.14. The molecule has 1 fully saturated rings. The van der Waals surface area contributed by atoms with Gasteiger partial charge in [-0.2, -0.15) is 0 Å². The summed E-state index contributed by atoms with van der Waals surface area (Å²) in [5, 5.41) is 3.44. The van der Waals surface area contributed by atoms with Crippen LogP contribution in [0.4, 0.5) is 5.82 Å². The highest BCUT2D eigenvalue weighted by Gasteiger charge is 2.22. The van der Waals surface area contributed by atoms with Gasteiger partial charge in [0.15, 0.2) is 11.5 Å². The smallest absolute Gasteiger partial charge is 0.180 e. The van der Waals surface area contributed by atoms with Crippen molar-refractivity contribution in [3.8, 4) is 22.8 Å². The first kappa shape index (κ1) is 15.9. The molecule has 0 unspecified atom stereocenters. The van der Waals surface area contributed by atoms with Crippen LogP contribution in [0.25, 0.3) is 16.9 Å². The number of para-hydroxylation sites is 2. The summed E-state index contributed by atoms with van der Waals surface area (Å²) >= 11 is 0. The van der Waals surface area contributed by atoms with E-state index in [9.17, 15) is 0 Å². The zero-order chi connectivity index (χ0) is 18.1. The summed E-state index contributed by atoms with van der Waals surface area (Å²) in [6.07, 6.45) is 8.27. The van der Waals surface area contributed by atoms with Crippen molar-refractivity contribution in [2.45, 2.75) is 12.8 Å². The molecule has 2 heterocycles. The van der Waals surface area contributed by atoms with E-state index in [1.807, 2.05) is 73.2 Å². The Balaban J connectivity index is 1.54. The fraction of sp³-hybridized carbons (Fsp3) is 0.182. The second kappa shape index (κ2) is 6.76. The minimum Gasteiger partial charge on any atom is -0.457 e. The molecule has 0 aliphatic heterocycles. The van der Waals surface area contributed by atoms with E-state index < -0.39 is 0 Å². The Hall–Kier alpha value is -3.34. The zero-order valence-corrected chi connectivity index (χ0v) is 14.9. The van der Waals surface area contributed by atoms with E-state index in [2.05, 4.69) is 19.7 Å². The molecule has 0 saturated heterocycles. The number of ether oxygens (including phenoxy) is 1. The number of nitrogens with one attached hydrogen (secondary N) is 1. The number of benzene rings is 2. The fourth-order valence-electron chi connectivity index (χ4n) is 3.19. The van der Waals surface area contributed by atoms with Gasteiger partial charge in [-0.05, 0) is 43.0 Å². The number of anilines is 1. The number of hydrogen-bond acceptors (Lipinski definition) is 4. The zero-order valence-electron chi connectivity index (χ0n) is 14.9. The van der Waals surface area contributed by atoms with Crippen molar-refractivity contribution in [3.63, 3.8) is 0 Å².